The maximum Gasteiger partial charge on any atom is 0.508 e. The summed E-state index contributed by atoms with van der Waals surface area (Å²) in [7, 11) is 0. The molecule has 0 aliphatic carbocycles. The van der Waals surface area contributed by atoms with Crippen LogP contribution in [0.1, 0.15) is 19.8 Å². The van der Waals surface area contributed by atoms with Gasteiger partial charge in [0.1, 0.15) is 0 Å². The molecule has 1 aromatic rings. The van der Waals surface area contributed by atoms with Crippen LogP contribution < -0.4 is 9.08 Å². The molecule has 0 aromatic heterocycles. The average molecular weight is 395 g/mol. The number of non-ortho nitro benzene ring substituents is 1. The first-order valence-corrected chi connectivity index (χ1v) is 9.22. The zero-order valence-electron chi connectivity index (χ0n) is 14.2. The van der Waals surface area contributed by atoms with Crippen LogP contribution in [-0.2, 0) is 11.1 Å². The van der Waals surface area contributed by atoms with Crippen molar-refractivity contribution in [2.24, 2.45) is 0 Å². The van der Waals surface area contributed by atoms with Crippen LogP contribution in [0, 0.1) is 10.1 Å². The van der Waals surface area contributed by atoms with Gasteiger partial charge in [-0.3, -0.25) is 15.0 Å². The van der Waals surface area contributed by atoms with Gasteiger partial charge in [0, 0.05) is 38.3 Å². The van der Waals surface area contributed by atoms with E-state index in [4.69, 9.17) is 0 Å². The average Bonchev–Trinajstić information content (AvgIpc) is 2.59. The molecule has 0 spiro atoms. The predicted molar refractivity (Wildman–Crippen MR) is 91.5 cm³/mol. The van der Waals surface area contributed by atoms with E-state index in [0.29, 0.717) is 26.2 Å². The van der Waals surface area contributed by atoms with Crippen molar-refractivity contribution in [3.8, 4) is 5.75 Å². The zero-order valence-corrected chi connectivity index (χ0v) is 15.0. The van der Waals surface area contributed by atoms with Crippen LogP contribution >= 0.6 is 0 Å². The lowest BCUT2D eigenvalue weighted by Crippen LogP contribution is -2.46. The summed E-state index contributed by atoms with van der Waals surface area (Å²) in [5, 5.41) is 11.0. The van der Waals surface area contributed by atoms with Crippen LogP contribution in [0.2, 0.25) is 0 Å². The molecule has 2 rings (SSSR count). The molecule has 0 N–H and O–H groups in total. The van der Waals surface area contributed by atoms with E-state index in [2.05, 4.69) is 16.0 Å². The summed E-state index contributed by atoms with van der Waals surface area (Å²) in [5.41, 5.74) is -5.15. The Kier molecular flexibility index (Phi) is 6.81. The van der Waals surface area contributed by atoms with Crippen LogP contribution in [-0.4, -0.2) is 52.3 Å². The second kappa shape index (κ2) is 8.67. The number of nitro benzene ring substituents is 1. The summed E-state index contributed by atoms with van der Waals surface area (Å²) in [5.74, 6) is -0.284. The first-order valence-electron chi connectivity index (χ1n) is 8.15. The number of nitrogens with zero attached hydrogens (tertiary/aromatic N) is 3. The van der Waals surface area contributed by atoms with Crippen LogP contribution in [0.4, 0.5) is 24.5 Å². The quantitative estimate of drug-likeness (QED) is 0.522. The van der Waals surface area contributed by atoms with Gasteiger partial charge in [0.05, 0.1) is 10.6 Å². The fourth-order valence-electron chi connectivity index (χ4n) is 2.66. The summed E-state index contributed by atoms with van der Waals surface area (Å²) in [4.78, 5) is 14.3. The van der Waals surface area contributed by atoms with Gasteiger partial charge in [-0.1, -0.05) is 13.3 Å². The number of hydrogen-bond acceptors (Lipinski definition) is 6. The molecule has 1 aliphatic rings. The third-order valence-corrected chi connectivity index (χ3v) is 4.76. The molecule has 1 atom stereocenters. The molecule has 1 aromatic carbocycles. The van der Waals surface area contributed by atoms with Crippen molar-refractivity contribution in [2.45, 2.75) is 25.3 Å². The van der Waals surface area contributed by atoms with Crippen molar-refractivity contribution in [1.29, 1.82) is 0 Å². The number of unbranched alkanes of at least 4 members (excludes halogenated alkanes) is 1. The summed E-state index contributed by atoms with van der Waals surface area (Å²) in [6.07, 6.45) is 2.11. The highest BCUT2D eigenvalue weighted by atomic mass is 32.2. The molecule has 7 nitrogen and oxygen atoms in total. The van der Waals surface area contributed by atoms with E-state index in [1.165, 1.54) is 0 Å². The van der Waals surface area contributed by atoms with Gasteiger partial charge in [-0.15, -0.1) is 0 Å². The molecule has 1 saturated heterocycles. The lowest BCUT2D eigenvalue weighted by Gasteiger charge is -2.36. The second-order valence-corrected chi connectivity index (χ2v) is 6.95. The van der Waals surface area contributed by atoms with Crippen LogP contribution in [0.25, 0.3) is 0 Å². The second-order valence-electron chi connectivity index (χ2n) is 5.86. The van der Waals surface area contributed by atoms with Crippen molar-refractivity contribution in [3.05, 3.63) is 28.3 Å². The Labute approximate surface area is 151 Å². The number of rotatable bonds is 7. The first-order chi connectivity index (χ1) is 12.2. The van der Waals surface area contributed by atoms with E-state index >= 15 is 0 Å². The van der Waals surface area contributed by atoms with Gasteiger partial charge in [-0.25, -0.2) is 4.21 Å². The highest BCUT2D eigenvalue weighted by Gasteiger charge is 2.40. The lowest BCUT2D eigenvalue weighted by molar-refractivity contribution is -0.384. The SMILES string of the molecule is CCCCN1CCN(c2cc([N+](=O)[O-])ccc2OS(=O)C(F)(F)F)CC1. The Balaban J connectivity index is 2.20. The van der Waals surface area contributed by atoms with Crippen LogP contribution in [0.3, 0.4) is 0 Å². The van der Waals surface area contributed by atoms with Crippen molar-refractivity contribution in [1.82, 2.24) is 4.90 Å². The van der Waals surface area contributed by atoms with Gasteiger partial charge in [-0.2, -0.15) is 13.2 Å². The molecular weight excluding hydrogens is 375 g/mol. The Bertz CT molecular complexity index is 664. The Morgan fingerprint density at radius 3 is 2.46 bits per heavy atom. The van der Waals surface area contributed by atoms with Gasteiger partial charge >= 0.3 is 16.6 Å². The molecule has 11 heteroatoms. The van der Waals surface area contributed by atoms with E-state index in [1.807, 2.05) is 0 Å². The number of anilines is 1. The third kappa shape index (κ3) is 5.31. The Morgan fingerprint density at radius 1 is 1.27 bits per heavy atom. The molecule has 1 fully saturated rings. The van der Waals surface area contributed by atoms with Crippen molar-refractivity contribution >= 4 is 22.5 Å². The highest BCUT2D eigenvalue weighted by Crippen LogP contribution is 2.35. The van der Waals surface area contributed by atoms with E-state index in [1.54, 1.807) is 4.90 Å². The van der Waals surface area contributed by atoms with Crippen molar-refractivity contribution in [2.75, 3.05) is 37.6 Å². The van der Waals surface area contributed by atoms with Gasteiger partial charge in [0.2, 0.25) is 0 Å². The summed E-state index contributed by atoms with van der Waals surface area (Å²) in [6, 6.07) is 3.25. The maximum absolute atomic E-state index is 12.5. The minimum Gasteiger partial charge on any atom is -0.392 e. The molecule has 146 valence electrons. The fraction of sp³-hybridized carbons (Fsp3) is 0.600. The topological polar surface area (TPSA) is 75.9 Å². The Morgan fingerprint density at radius 2 is 1.92 bits per heavy atom. The molecule has 26 heavy (non-hydrogen) atoms. The first kappa shape index (κ1) is 20.4. The van der Waals surface area contributed by atoms with E-state index in [-0.39, 0.29) is 17.1 Å². The molecular formula is C15H20F3N3O4S. The number of alkyl halides is 3. The molecule has 1 unspecified atom stereocenters. The fourth-order valence-corrected chi connectivity index (χ4v) is 3.06. The normalized spacial score (nSPS) is 17.2. The smallest absolute Gasteiger partial charge is 0.392 e. The minimum absolute atomic E-state index is 0.145. The summed E-state index contributed by atoms with van der Waals surface area (Å²) in [6.45, 7) is 5.36. The van der Waals surface area contributed by atoms with Gasteiger partial charge in [0.15, 0.2) is 5.75 Å². The van der Waals surface area contributed by atoms with Crippen LogP contribution in [0.15, 0.2) is 18.2 Å². The van der Waals surface area contributed by atoms with Gasteiger partial charge in [0.25, 0.3) is 5.69 Å². The van der Waals surface area contributed by atoms with E-state index in [0.717, 1.165) is 37.6 Å². The lowest BCUT2D eigenvalue weighted by atomic mass is 10.2. The minimum atomic E-state index is -5.03. The molecule has 1 aliphatic heterocycles. The molecule has 0 saturated carbocycles. The number of piperazine rings is 1. The summed E-state index contributed by atoms with van der Waals surface area (Å²) >= 11 is -3.54. The molecule has 1 heterocycles. The van der Waals surface area contributed by atoms with Crippen LogP contribution in [0.5, 0.6) is 5.75 Å². The summed E-state index contributed by atoms with van der Waals surface area (Å²) < 4.78 is 53.4. The largest absolute Gasteiger partial charge is 0.508 e. The molecule has 0 bridgehead atoms. The van der Waals surface area contributed by atoms with Gasteiger partial charge < -0.3 is 9.08 Å². The number of hydrogen-bond donors (Lipinski definition) is 0. The van der Waals surface area contributed by atoms with Gasteiger partial charge in [-0.05, 0) is 19.0 Å². The molecule has 0 amide bonds. The monoisotopic (exact) mass is 395 g/mol. The molecule has 0 radical (unpaired) electrons. The number of benzene rings is 1. The third-order valence-electron chi connectivity index (χ3n) is 4.05. The number of nitro groups is 1. The predicted octanol–water partition coefficient (Wildman–Crippen LogP) is 3.08. The standard InChI is InChI=1S/C15H20F3N3O4S/c1-2-3-6-19-7-9-20(10-8-19)13-11-12(21(22)23)4-5-14(13)25-26(24)15(16,17)18/h4-5,11H,2-3,6-10H2,1H3. The number of halogens is 3. The van der Waals surface area contributed by atoms with Crippen molar-refractivity contribution < 1.29 is 26.5 Å². The van der Waals surface area contributed by atoms with Crippen molar-refractivity contribution in [3.63, 3.8) is 0 Å². The van der Waals surface area contributed by atoms with E-state index in [9.17, 15) is 27.5 Å². The maximum atomic E-state index is 12.5. The zero-order chi connectivity index (χ0) is 19.3. The Hall–Kier alpha value is -1.88. The highest BCUT2D eigenvalue weighted by molar-refractivity contribution is 7.81. The van der Waals surface area contributed by atoms with E-state index < -0.39 is 21.5 Å².